The van der Waals surface area contributed by atoms with Gasteiger partial charge in [0.15, 0.2) is 0 Å². The summed E-state index contributed by atoms with van der Waals surface area (Å²) >= 11 is 6.58. The van der Waals surface area contributed by atoms with Crippen LogP contribution in [-0.4, -0.2) is 22.9 Å². The Morgan fingerprint density at radius 1 is 1.33 bits per heavy atom. The lowest BCUT2D eigenvalue weighted by Gasteiger charge is -2.48. The standard InChI is InChI=1S/C15H21ClO2/c1-12(2)10(9-17)7-14(4)15(12)6-5-13(3,16)11(8-15)18-14/h7,9,11H,5-6,8H2,1-4H3. The van der Waals surface area contributed by atoms with Crippen molar-refractivity contribution in [1.29, 1.82) is 0 Å². The molecule has 0 radical (unpaired) electrons. The third-order valence-electron chi connectivity index (χ3n) is 6.06. The third kappa shape index (κ3) is 1.17. The van der Waals surface area contributed by atoms with Crippen molar-refractivity contribution in [3.8, 4) is 0 Å². The summed E-state index contributed by atoms with van der Waals surface area (Å²) in [5.41, 5.74) is 0.479. The van der Waals surface area contributed by atoms with Crippen molar-refractivity contribution in [2.75, 3.05) is 0 Å². The molecule has 1 spiro atoms. The first-order chi connectivity index (χ1) is 8.19. The van der Waals surface area contributed by atoms with Crippen LogP contribution in [0.15, 0.2) is 11.6 Å². The minimum Gasteiger partial charge on any atom is -0.365 e. The Labute approximate surface area is 114 Å². The predicted molar refractivity (Wildman–Crippen MR) is 71.7 cm³/mol. The molecule has 3 aliphatic rings. The zero-order chi connectivity index (χ0) is 13.4. The van der Waals surface area contributed by atoms with Crippen molar-refractivity contribution in [3.63, 3.8) is 0 Å². The molecule has 0 aromatic heterocycles. The molecule has 1 saturated carbocycles. The van der Waals surface area contributed by atoms with E-state index in [0.29, 0.717) is 0 Å². The average molecular weight is 269 g/mol. The Hall–Kier alpha value is -0.340. The fourth-order valence-corrected chi connectivity index (χ4v) is 4.79. The Morgan fingerprint density at radius 2 is 2.00 bits per heavy atom. The molecule has 0 aromatic carbocycles. The van der Waals surface area contributed by atoms with E-state index in [-0.39, 0.29) is 27.4 Å². The molecule has 0 N–H and O–H groups in total. The molecule has 4 atom stereocenters. The van der Waals surface area contributed by atoms with Gasteiger partial charge in [-0.2, -0.15) is 0 Å². The highest BCUT2D eigenvalue weighted by Crippen LogP contribution is 2.70. The average Bonchev–Trinajstić information content (AvgIpc) is 2.62. The summed E-state index contributed by atoms with van der Waals surface area (Å²) in [6, 6.07) is 0. The first kappa shape index (κ1) is 12.7. The van der Waals surface area contributed by atoms with Crippen molar-refractivity contribution >= 4 is 17.9 Å². The van der Waals surface area contributed by atoms with Crippen LogP contribution in [0.2, 0.25) is 0 Å². The van der Waals surface area contributed by atoms with E-state index in [1.807, 2.05) is 0 Å². The zero-order valence-corrected chi connectivity index (χ0v) is 12.3. The molecule has 100 valence electrons. The monoisotopic (exact) mass is 268 g/mol. The van der Waals surface area contributed by atoms with Gasteiger partial charge in [0.25, 0.3) is 0 Å². The molecule has 1 saturated heterocycles. The number of carbonyl (C=O) groups is 1. The van der Waals surface area contributed by atoms with Crippen LogP contribution < -0.4 is 0 Å². The topological polar surface area (TPSA) is 26.3 Å². The van der Waals surface area contributed by atoms with Crippen LogP contribution in [0.4, 0.5) is 0 Å². The van der Waals surface area contributed by atoms with Crippen LogP contribution in [0.3, 0.4) is 0 Å². The van der Waals surface area contributed by atoms with E-state index in [1.165, 1.54) is 0 Å². The molecule has 1 heterocycles. The minimum absolute atomic E-state index is 0.0370. The van der Waals surface area contributed by atoms with E-state index < -0.39 is 0 Å². The quantitative estimate of drug-likeness (QED) is 0.538. The van der Waals surface area contributed by atoms with Gasteiger partial charge in [-0.05, 0) is 44.8 Å². The van der Waals surface area contributed by atoms with Gasteiger partial charge in [0.2, 0.25) is 0 Å². The van der Waals surface area contributed by atoms with Gasteiger partial charge >= 0.3 is 0 Å². The lowest BCUT2D eigenvalue weighted by Crippen LogP contribution is -2.49. The first-order valence-electron chi connectivity index (χ1n) is 6.74. The molecule has 2 nitrogen and oxygen atoms in total. The van der Waals surface area contributed by atoms with Crippen molar-refractivity contribution in [2.45, 2.75) is 63.5 Å². The predicted octanol–water partition coefficient (Wildman–Crippen LogP) is 3.48. The van der Waals surface area contributed by atoms with E-state index in [4.69, 9.17) is 16.3 Å². The van der Waals surface area contributed by atoms with Gasteiger partial charge in [0.1, 0.15) is 6.29 Å². The summed E-state index contributed by atoms with van der Waals surface area (Å²) < 4.78 is 6.30. The highest BCUT2D eigenvalue weighted by Gasteiger charge is 2.71. The molecular weight excluding hydrogens is 248 g/mol. The molecule has 4 unspecified atom stereocenters. The molecule has 18 heavy (non-hydrogen) atoms. The highest BCUT2D eigenvalue weighted by atomic mass is 35.5. The molecule has 3 rings (SSSR count). The van der Waals surface area contributed by atoms with Gasteiger partial charge in [-0.1, -0.05) is 13.8 Å². The lowest BCUT2D eigenvalue weighted by atomic mass is 9.54. The first-order valence-corrected chi connectivity index (χ1v) is 7.12. The highest BCUT2D eigenvalue weighted by molar-refractivity contribution is 6.24. The van der Waals surface area contributed by atoms with Gasteiger partial charge < -0.3 is 4.74 Å². The van der Waals surface area contributed by atoms with E-state index in [9.17, 15) is 4.79 Å². The number of rotatable bonds is 1. The summed E-state index contributed by atoms with van der Waals surface area (Å²) in [6.45, 7) is 8.57. The van der Waals surface area contributed by atoms with Crippen LogP contribution in [-0.2, 0) is 9.53 Å². The number of ether oxygens (including phenoxy) is 1. The van der Waals surface area contributed by atoms with E-state index >= 15 is 0 Å². The van der Waals surface area contributed by atoms with E-state index in [0.717, 1.165) is 31.1 Å². The third-order valence-corrected chi connectivity index (χ3v) is 6.49. The minimum atomic E-state index is -0.329. The maximum atomic E-state index is 11.3. The summed E-state index contributed by atoms with van der Waals surface area (Å²) in [5, 5.41) is 0. The second kappa shape index (κ2) is 3.21. The van der Waals surface area contributed by atoms with Crippen LogP contribution in [0.1, 0.15) is 47.0 Å². The maximum absolute atomic E-state index is 11.3. The molecule has 2 aliphatic carbocycles. The Morgan fingerprint density at radius 3 is 2.61 bits per heavy atom. The Balaban J connectivity index is 2.13. The number of alkyl halides is 1. The number of hydrogen-bond acceptors (Lipinski definition) is 2. The molecular formula is C15H21ClO2. The van der Waals surface area contributed by atoms with Crippen molar-refractivity contribution < 1.29 is 9.53 Å². The van der Waals surface area contributed by atoms with Gasteiger partial charge in [-0.25, -0.2) is 0 Å². The number of aldehydes is 1. The molecule has 2 fully saturated rings. The second-order valence-corrected chi connectivity index (χ2v) is 7.98. The van der Waals surface area contributed by atoms with Crippen molar-refractivity contribution in [2.24, 2.45) is 10.8 Å². The van der Waals surface area contributed by atoms with Crippen LogP contribution in [0.25, 0.3) is 0 Å². The molecule has 0 amide bonds. The van der Waals surface area contributed by atoms with E-state index in [2.05, 4.69) is 33.8 Å². The van der Waals surface area contributed by atoms with Crippen molar-refractivity contribution in [1.82, 2.24) is 0 Å². The van der Waals surface area contributed by atoms with Gasteiger partial charge in [-0.15, -0.1) is 11.6 Å². The SMILES string of the molecule is CC1(Cl)CCC23CC1OC2(C)C=C(C=O)C3(C)C. The normalized spacial score (nSPS) is 52.9. The van der Waals surface area contributed by atoms with Crippen LogP contribution in [0.5, 0.6) is 0 Å². The zero-order valence-electron chi connectivity index (χ0n) is 11.5. The number of carbonyl (C=O) groups excluding carboxylic acids is 1. The number of allylic oxidation sites excluding steroid dienone is 1. The molecule has 3 heteroatoms. The summed E-state index contributed by atoms with van der Waals surface area (Å²) in [6.07, 6.45) is 6.11. The largest absolute Gasteiger partial charge is 0.365 e. The maximum Gasteiger partial charge on any atom is 0.146 e. The lowest BCUT2D eigenvalue weighted by molar-refractivity contribution is -0.106. The van der Waals surface area contributed by atoms with Crippen LogP contribution in [0, 0.1) is 10.8 Å². The summed E-state index contributed by atoms with van der Waals surface area (Å²) in [4.78, 5) is 11.1. The number of hydrogen-bond donors (Lipinski definition) is 0. The van der Waals surface area contributed by atoms with Gasteiger partial charge in [0.05, 0.1) is 16.6 Å². The molecule has 1 aliphatic heterocycles. The fraction of sp³-hybridized carbons (Fsp3) is 0.800. The Kier molecular flexibility index (Phi) is 2.26. The molecule has 0 aromatic rings. The Bertz CT molecular complexity index is 451. The van der Waals surface area contributed by atoms with Crippen molar-refractivity contribution in [3.05, 3.63) is 11.6 Å². The smallest absolute Gasteiger partial charge is 0.146 e. The van der Waals surface area contributed by atoms with Gasteiger partial charge in [0, 0.05) is 10.8 Å². The fourth-order valence-electron chi connectivity index (χ4n) is 4.57. The molecule has 2 bridgehead atoms. The van der Waals surface area contributed by atoms with Gasteiger partial charge in [-0.3, -0.25) is 4.79 Å². The number of halogens is 1. The summed E-state index contributed by atoms with van der Waals surface area (Å²) in [7, 11) is 0. The summed E-state index contributed by atoms with van der Waals surface area (Å²) in [5.74, 6) is 0. The van der Waals surface area contributed by atoms with E-state index in [1.54, 1.807) is 0 Å². The number of fused-ring (bicyclic) bond motifs is 1. The van der Waals surface area contributed by atoms with Crippen LogP contribution >= 0.6 is 11.6 Å². The second-order valence-electron chi connectivity index (χ2n) is 7.12.